The van der Waals surface area contributed by atoms with Crippen LogP contribution in [-0.4, -0.2) is 36.3 Å². The number of hydrogen-bond donors (Lipinski definition) is 3. The van der Waals surface area contributed by atoms with Crippen LogP contribution < -0.4 is 16.0 Å². The zero-order valence-electron chi connectivity index (χ0n) is 21.3. The van der Waals surface area contributed by atoms with Gasteiger partial charge in [0.15, 0.2) is 0 Å². The normalized spacial score (nSPS) is 40.7. The average Bonchev–Trinajstić information content (AvgIpc) is 3.09. The van der Waals surface area contributed by atoms with Gasteiger partial charge < -0.3 is 16.0 Å². The van der Waals surface area contributed by atoms with Crippen molar-refractivity contribution in [1.29, 1.82) is 0 Å². The van der Waals surface area contributed by atoms with Crippen LogP contribution in [0.15, 0.2) is 12.2 Å². The lowest BCUT2D eigenvalue weighted by Gasteiger charge is -2.58. The molecular formula is C27H43N3O3. The average molecular weight is 458 g/mol. The van der Waals surface area contributed by atoms with Gasteiger partial charge in [-0.05, 0) is 80.1 Å². The zero-order chi connectivity index (χ0) is 24.2. The summed E-state index contributed by atoms with van der Waals surface area (Å²) in [5.74, 6) is 1.61. The molecule has 3 saturated carbocycles. The highest BCUT2D eigenvalue weighted by Crippen LogP contribution is 2.65. The van der Waals surface area contributed by atoms with Gasteiger partial charge in [-0.25, -0.2) is 0 Å². The summed E-state index contributed by atoms with van der Waals surface area (Å²) in [6.45, 7) is 13.3. The summed E-state index contributed by atoms with van der Waals surface area (Å²) in [5, 5.41) is 9.21. The smallest absolute Gasteiger partial charge is 0.243 e. The first kappa shape index (κ1) is 24.3. The highest BCUT2D eigenvalue weighted by Gasteiger charge is 2.60. The predicted octanol–water partition coefficient (Wildman–Crippen LogP) is 3.57. The van der Waals surface area contributed by atoms with Crippen LogP contribution >= 0.6 is 0 Å². The summed E-state index contributed by atoms with van der Waals surface area (Å²) in [5.41, 5.74) is 0.00595. The Balaban J connectivity index is 1.43. The lowest BCUT2D eigenvalue weighted by atomic mass is 9.48. The number of fused-ring (bicyclic) bond motifs is 5. The van der Waals surface area contributed by atoms with Crippen LogP contribution in [0.1, 0.15) is 80.1 Å². The second-order valence-corrected chi connectivity index (χ2v) is 12.9. The second kappa shape index (κ2) is 8.42. The van der Waals surface area contributed by atoms with E-state index in [0.29, 0.717) is 24.3 Å². The second-order valence-electron chi connectivity index (χ2n) is 12.9. The molecule has 3 N–H and O–H groups in total. The summed E-state index contributed by atoms with van der Waals surface area (Å²) >= 11 is 0. The van der Waals surface area contributed by atoms with Crippen molar-refractivity contribution in [3.05, 3.63) is 12.2 Å². The molecule has 0 radical (unpaired) electrons. The van der Waals surface area contributed by atoms with Crippen molar-refractivity contribution < 1.29 is 14.4 Å². The summed E-state index contributed by atoms with van der Waals surface area (Å²) in [6, 6.07) is -0.294. The molecule has 3 unspecified atom stereocenters. The van der Waals surface area contributed by atoms with Gasteiger partial charge in [-0.3, -0.25) is 14.4 Å². The Bertz CT molecular complexity index is 846. The van der Waals surface area contributed by atoms with Gasteiger partial charge in [0.1, 0.15) is 6.04 Å². The number of carbonyl (C=O) groups excluding carboxylic acids is 3. The third-order valence-electron chi connectivity index (χ3n) is 9.55. The number of hydrogen-bond acceptors (Lipinski definition) is 3. The third kappa shape index (κ3) is 4.35. The molecule has 6 heteroatoms. The summed E-state index contributed by atoms with van der Waals surface area (Å²) in [7, 11) is 0. The van der Waals surface area contributed by atoms with Gasteiger partial charge in [-0.2, -0.15) is 0 Å². The molecule has 184 valence electrons. The molecule has 1 aliphatic heterocycles. The lowest BCUT2D eigenvalue weighted by Crippen LogP contribution is -2.59. The molecule has 3 aliphatic carbocycles. The molecule has 3 fully saturated rings. The number of amides is 3. The van der Waals surface area contributed by atoms with E-state index in [1.54, 1.807) is 13.0 Å². The molecule has 8 atom stereocenters. The molecular weight excluding hydrogens is 414 g/mol. The number of nitrogens with one attached hydrogen (secondary N) is 3. The third-order valence-corrected chi connectivity index (χ3v) is 9.55. The number of carbonyl (C=O) groups is 3. The van der Waals surface area contributed by atoms with Gasteiger partial charge in [-0.15, -0.1) is 0 Å². The van der Waals surface area contributed by atoms with E-state index in [4.69, 9.17) is 0 Å². The fourth-order valence-corrected chi connectivity index (χ4v) is 7.65. The van der Waals surface area contributed by atoms with Gasteiger partial charge >= 0.3 is 0 Å². The van der Waals surface area contributed by atoms with Gasteiger partial charge in [0.25, 0.3) is 0 Å². The fraction of sp³-hybridized carbons (Fsp3) is 0.815. The highest BCUT2D eigenvalue weighted by atomic mass is 16.2. The van der Waals surface area contributed by atoms with E-state index in [-0.39, 0.29) is 45.9 Å². The van der Waals surface area contributed by atoms with Crippen LogP contribution in [0.5, 0.6) is 0 Å². The summed E-state index contributed by atoms with van der Waals surface area (Å²) in [4.78, 5) is 37.8. The van der Waals surface area contributed by atoms with Crippen LogP contribution in [0, 0.1) is 39.9 Å². The van der Waals surface area contributed by atoms with E-state index in [2.05, 4.69) is 56.6 Å². The highest BCUT2D eigenvalue weighted by molar-refractivity contribution is 5.89. The topological polar surface area (TPSA) is 87.3 Å². The molecule has 4 aliphatic rings. The molecule has 1 heterocycles. The number of rotatable bonds is 4. The van der Waals surface area contributed by atoms with Crippen LogP contribution in [-0.2, 0) is 14.4 Å². The molecule has 0 aromatic carbocycles. The van der Waals surface area contributed by atoms with Crippen molar-refractivity contribution >= 4 is 17.7 Å². The maximum Gasteiger partial charge on any atom is 0.243 e. The van der Waals surface area contributed by atoms with E-state index in [1.807, 2.05) is 0 Å². The van der Waals surface area contributed by atoms with Crippen molar-refractivity contribution in [2.45, 2.75) is 92.2 Å². The first-order chi connectivity index (χ1) is 15.3. The van der Waals surface area contributed by atoms with Crippen molar-refractivity contribution in [3.63, 3.8) is 0 Å². The Labute approximate surface area is 199 Å². The summed E-state index contributed by atoms with van der Waals surface area (Å²) in [6.07, 6.45) is 10.1. The molecule has 4 rings (SSSR count). The standard InChI is InChI=1S/C27H43N3O3/c1-16(23(32)28-15-25(2,3)4)29-24(33)20-9-8-18-17-7-10-21-27(6,14-12-22(31)30-21)19(17)11-13-26(18,20)5/h12,14,16-21H,7-11,13,15H2,1-6H3,(H,28,32)(H,29,33)(H,30,31)/t16?,17-,18-,19+,20?,21?,26-,27+/m0/s1. The maximum absolute atomic E-state index is 13.4. The Morgan fingerprint density at radius 1 is 1.12 bits per heavy atom. The minimum Gasteiger partial charge on any atom is -0.354 e. The molecule has 0 spiro atoms. The van der Waals surface area contributed by atoms with Crippen LogP contribution in [0.25, 0.3) is 0 Å². The first-order valence-corrected chi connectivity index (χ1v) is 12.9. The van der Waals surface area contributed by atoms with Gasteiger partial charge in [-0.1, -0.05) is 40.7 Å². The SMILES string of the molecule is CC(NC(=O)C1CC[C@H]2[C@@H]3CCC4NC(=O)C=C[C@]4(C)[C@@H]3CC[C@]12C)C(=O)NCC(C)(C)C. The van der Waals surface area contributed by atoms with Crippen LogP contribution in [0.3, 0.4) is 0 Å². The minimum absolute atomic E-state index is 0.0101. The van der Waals surface area contributed by atoms with Crippen molar-refractivity contribution in [3.8, 4) is 0 Å². The molecule has 0 saturated heterocycles. The monoisotopic (exact) mass is 457 g/mol. The Morgan fingerprint density at radius 2 is 1.85 bits per heavy atom. The van der Waals surface area contributed by atoms with Crippen LogP contribution in [0.2, 0.25) is 0 Å². The minimum atomic E-state index is -0.524. The molecule has 6 nitrogen and oxygen atoms in total. The van der Waals surface area contributed by atoms with Gasteiger partial charge in [0, 0.05) is 23.9 Å². The van der Waals surface area contributed by atoms with Crippen LogP contribution in [0.4, 0.5) is 0 Å². The van der Waals surface area contributed by atoms with Gasteiger partial charge in [0.05, 0.1) is 0 Å². The van der Waals surface area contributed by atoms with E-state index < -0.39 is 6.04 Å². The van der Waals surface area contributed by atoms with Crippen molar-refractivity contribution in [1.82, 2.24) is 16.0 Å². The van der Waals surface area contributed by atoms with Gasteiger partial charge in [0.2, 0.25) is 17.7 Å². The molecule has 33 heavy (non-hydrogen) atoms. The molecule has 0 aromatic heterocycles. The predicted molar refractivity (Wildman–Crippen MR) is 129 cm³/mol. The first-order valence-electron chi connectivity index (χ1n) is 12.9. The zero-order valence-corrected chi connectivity index (χ0v) is 21.3. The molecule has 3 amide bonds. The van der Waals surface area contributed by atoms with E-state index >= 15 is 0 Å². The Kier molecular flexibility index (Phi) is 6.20. The Hall–Kier alpha value is -1.85. The molecule has 0 bridgehead atoms. The molecule has 0 aromatic rings. The lowest BCUT2D eigenvalue weighted by molar-refractivity contribution is -0.137. The van der Waals surface area contributed by atoms with Crippen molar-refractivity contribution in [2.75, 3.05) is 6.54 Å². The van der Waals surface area contributed by atoms with E-state index in [0.717, 1.165) is 38.5 Å². The Morgan fingerprint density at radius 3 is 2.55 bits per heavy atom. The maximum atomic E-state index is 13.4. The fourth-order valence-electron chi connectivity index (χ4n) is 7.65. The largest absolute Gasteiger partial charge is 0.354 e. The quantitative estimate of drug-likeness (QED) is 0.603. The van der Waals surface area contributed by atoms with E-state index in [9.17, 15) is 14.4 Å². The summed E-state index contributed by atoms with van der Waals surface area (Å²) < 4.78 is 0. The van der Waals surface area contributed by atoms with Crippen molar-refractivity contribution in [2.24, 2.45) is 39.9 Å². The van der Waals surface area contributed by atoms with E-state index in [1.165, 1.54) is 0 Å².